The summed E-state index contributed by atoms with van der Waals surface area (Å²) >= 11 is 6.33. The van der Waals surface area contributed by atoms with Crippen LogP contribution in [0.4, 0.5) is 5.69 Å². The van der Waals surface area contributed by atoms with Crippen molar-refractivity contribution in [3.05, 3.63) is 70.4 Å². The first kappa shape index (κ1) is 20.6. The Labute approximate surface area is 190 Å². The minimum atomic E-state index is 0.303. The number of nitrogens with zero attached hydrogens (tertiary/aromatic N) is 3. The fourth-order valence-electron chi connectivity index (χ4n) is 5.15. The molecule has 0 N–H and O–H groups in total. The van der Waals surface area contributed by atoms with Crippen LogP contribution in [0.25, 0.3) is 0 Å². The smallest absolute Gasteiger partial charge is 0.122 e. The third-order valence-corrected chi connectivity index (χ3v) is 6.84. The van der Waals surface area contributed by atoms with Crippen molar-refractivity contribution in [2.45, 2.75) is 45.3 Å². The zero-order valence-electron chi connectivity index (χ0n) is 18.4. The molecule has 31 heavy (non-hydrogen) atoms. The molecule has 2 aliphatic heterocycles. The number of hydrogen-bond donors (Lipinski definition) is 0. The number of allylic oxidation sites excluding steroid dienone is 1. The number of likely N-dealkylation sites (N-methyl/N-ethyl adjacent to an activating group) is 1. The molecule has 1 saturated carbocycles. The number of amidine groups is 1. The highest BCUT2D eigenvalue weighted by Gasteiger charge is 2.33. The van der Waals surface area contributed by atoms with Gasteiger partial charge in [0.15, 0.2) is 0 Å². The number of benzene rings is 2. The molecule has 1 aliphatic carbocycles. The fraction of sp³-hybridized carbons (Fsp3) is 0.423. The normalized spacial score (nSPS) is 23.9. The molecule has 0 radical (unpaired) electrons. The molecule has 0 amide bonds. The van der Waals surface area contributed by atoms with E-state index in [2.05, 4.69) is 66.2 Å². The zero-order valence-corrected chi connectivity index (χ0v) is 19.1. The lowest BCUT2D eigenvalue weighted by Gasteiger charge is -2.38. The first-order chi connectivity index (χ1) is 15.1. The Bertz CT molecular complexity index is 1020. The van der Waals surface area contributed by atoms with Gasteiger partial charge < -0.3 is 9.64 Å². The molecule has 4 nitrogen and oxygen atoms in total. The molecule has 0 bridgehead atoms. The third-order valence-electron chi connectivity index (χ3n) is 6.61. The Morgan fingerprint density at radius 1 is 1.03 bits per heavy atom. The van der Waals surface area contributed by atoms with Crippen molar-refractivity contribution in [1.29, 1.82) is 0 Å². The van der Waals surface area contributed by atoms with Gasteiger partial charge in [-0.1, -0.05) is 23.7 Å². The fourth-order valence-corrected chi connectivity index (χ4v) is 5.34. The van der Waals surface area contributed by atoms with E-state index in [0.717, 1.165) is 61.9 Å². The monoisotopic (exact) mass is 435 g/mol. The van der Waals surface area contributed by atoms with E-state index in [9.17, 15) is 0 Å². The molecule has 1 fully saturated rings. The summed E-state index contributed by atoms with van der Waals surface area (Å²) in [6.07, 6.45) is 7.10. The lowest BCUT2D eigenvalue weighted by Crippen LogP contribution is -2.41. The summed E-state index contributed by atoms with van der Waals surface area (Å²) in [5, 5.41) is 0.795. The Kier molecular flexibility index (Phi) is 5.77. The predicted octanol–water partition coefficient (Wildman–Crippen LogP) is 5.83. The number of anilines is 1. The molecule has 0 unspecified atom stereocenters. The average Bonchev–Trinajstić information content (AvgIpc) is 2.89. The van der Waals surface area contributed by atoms with Gasteiger partial charge in [-0.2, -0.15) is 0 Å². The maximum absolute atomic E-state index is 6.33. The van der Waals surface area contributed by atoms with Gasteiger partial charge in [0.25, 0.3) is 0 Å². The van der Waals surface area contributed by atoms with Gasteiger partial charge in [-0.15, -0.1) is 0 Å². The topological polar surface area (TPSA) is 28.1 Å². The number of ether oxygens (including phenoxy) is 1. The van der Waals surface area contributed by atoms with Crippen molar-refractivity contribution in [3.8, 4) is 5.75 Å². The van der Waals surface area contributed by atoms with Crippen molar-refractivity contribution < 1.29 is 4.74 Å². The Balaban J connectivity index is 1.34. The van der Waals surface area contributed by atoms with Gasteiger partial charge in [0.2, 0.25) is 0 Å². The van der Waals surface area contributed by atoms with E-state index >= 15 is 0 Å². The molecule has 0 saturated heterocycles. The highest BCUT2D eigenvalue weighted by molar-refractivity contribution is 6.30. The summed E-state index contributed by atoms with van der Waals surface area (Å²) in [5.74, 6) is 2.69. The molecular weight excluding hydrogens is 406 g/mol. The first-order valence-electron chi connectivity index (χ1n) is 11.3. The van der Waals surface area contributed by atoms with E-state index in [1.54, 1.807) is 0 Å². The Morgan fingerprint density at radius 2 is 1.87 bits per heavy atom. The standard InChI is InChI=1S/C26H30ClN3O/c1-18-4-3-5-23(14-18)31-22-9-6-19(7-10-22)25-12-13-28-26-17-29(2)16-20-15-21(27)8-11-24(20)30(25)26/h3-5,8,11-12,14-15,19,22H,6-7,9-10,13,16-17H2,1-2H3. The highest BCUT2D eigenvalue weighted by atomic mass is 35.5. The summed E-state index contributed by atoms with van der Waals surface area (Å²) in [6.45, 7) is 4.63. The van der Waals surface area contributed by atoms with Crippen LogP contribution >= 0.6 is 11.6 Å². The van der Waals surface area contributed by atoms with Gasteiger partial charge in [-0.25, -0.2) is 0 Å². The zero-order chi connectivity index (χ0) is 21.4. The van der Waals surface area contributed by atoms with Crippen LogP contribution in [0.5, 0.6) is 5.75 Å². The van der Waals surface area contributed by atoms with Gasteiger partial charge in [-0.3, -0.25) is 9.89 Å². The van der Waals surface area contributed by atoms with Gasteiger partial charge in [0, 0.05) is 17.3 Å². The number of halogens is 1. The van der Waals surface area contributed by atoms with E-state index in [4.69, 9.17) is 21.3 Å². The number of aryl methyl sites for hydroxylation is 1. The number of hydrogen-bond acceptors (Lipinski definition) is 4. The minimum absolute atomic E-state index is 0.303. The third kappa shape index (κ3) is 4.37. The molecule has 0 aromatic heterocycles. The molecule has 2 aromatic rings. The van der Waals surface area contributed by atoms with E-state index in [1.807, 2.05) is 6.07 Å². The molecule has 162 valence electrons. The first-order valence-corrected chi connectivity index (χ1v) is 11.7. The van der Waals surface area contributed by atoms with Crippen molar-refractivity contribution in [3.63, 3.8) is 0 Å². The second-order valence-electron chi connectivity index (χ2n) is 9.07. The Morgan fingerprint density at radius 3 is 2.68 bits per heavy atom. The van der Waals surface area contributed by atoms with Gasteiger partial charge in [-0.05, 0) is 93.1 Å². The SMILES string of the molecule is Cc1cccc(OC2CCC(C3=CCN=C4CN(C)Cc5cc(Cl)ccc5N34)CC2)c1. The van der Waals surface area contributed by atoms with Crippen LogP contribution in [-0.2, 0) is 6.54 Å². The molecule has 2 aromatic carbocycles. The highest BCUT2D eigenvalue weighted by Crippen LogP contribution is 2.39. The number of rotatable bonds is 3. The van der Waals surface area contributed by atoms with Crippen LogP contribution in [0.15, 0.2) is 59.2 Å². The summed E-state index contributed by atoms with van der Waals surface area (Å²) in [4.78, 5) is 9.62. The second kappa shape index (κ2) is 8.68. The molecule has 5 heteroatoms. The van der Waals surface area contributed by atoms with Gasteiger partial charge in [0.05, 0.1) is 24.9 Å². The average molecular weight is 436 g/mol. The minimum Gasteiger partial charge on any atom is -0.490 e. The van der Waals surface area contributed by atoms with Crippen LogP contribution in [0.2, 0.25) is 5.02 Å². The van der Waals surface area contributed by atoms with Gasteiger partial charge >= 0.3 is 0 Å². The molecule has 2 heterocycles. The molecular formula is C26H30ClN3O. The number of aliphatic imine (C=N–C) groups is 1. The van der Waals surface area contributed by atoms with Crippen molar-refractivity contribution in [2.75, 3.05) is 25.0 Å². The van der Waals surface area contributed by atoms with Crippen molar-refractivity contribution in [1.82, 2.24) is 4.90 Å². The van der Waals surface area contributed by atoms with E-state index in [0.29, 0.717) is 12.0 Å². The van der Waals surface area contributed by atoms with Crippen molar-refractivity contribution in [2.24, 2.45) is 10.9 Å². The van der Waals surface area contributed by atoms with Crippen LogP contribution in [0, 0.1) is 12.8 Å². The van der Waals surface area contributed by atoms with Crippen molar-refractivity contribution >= 4 is 23.1 Å². The second-order valence-corrected chi connectivity index (χ2v) is 9.51. The Hall–Kier alpha value is -2.30. The van der Waals surface area contributed by atoms with E-state index in [1.165, 1.54) is 22.5 Å². The summed E-state index contributed by atoms with van der Waals surface area (Å²) < 4.78 is 6.30. The molecule has 0 atom stereocenters. The van der Waals surface area contributed by atoms with Crippen LogP contribution in [-0.4, -0.2) is 37.0 Å². The number of fused-ring (bicyclic) bond motifs is 3. The summed E-state index contributed by atoms with van der Waals surface area (Å²) in [7, 11) is 2.16. The maximum Gasteiger partial charge on any atom is 0.122 e. The summed E-state index contributed by atoms with van der Waals surface area (Å²) in [5.41, 5.74) is 5.16. The lowest BCUT2D eigenvalue weighted by molar-refractivity contribution is 0.138. The van der Waals surface area contributed by atoms with E-state index < -0.39 is 0 Å². The maximum atomic E-state index is 6.33. The molecule has 5 rings (SSSR count). The summed E-state index contributed by atoms with van der Waals surface area (Å²) in [6, 6.07) is 14.7. The largest absolute Gasteiger partial charge is 0.490 e. The molecule has 0 spiro atoms. The quantitative estimate of drug-likeness (QED) is 0.606. The van der Waals surface area contributed by atoms with E-state index in [-0.39, 0.29) is 0 Å². The van der Waals surface area contributed by atoms with Gasteiger partial charge in [0.1, 0.15) is 11.6 Å². The lowest BCUT2D eigenvalue weighted by atomic mass is 9.83. The van der Waals surface area contributed by atoms with Crippen LogP contribution in [0.3, 0.4) is 0 Å². The van der Waals surface area contributed by atoms with Crippen LogP contribution in [0.1, 0.15) is 36.8 Å². The van der Waals surface area contributed by atoms with Crippen LogP contribution < -0.4 is 9.64 Å². The molecule has 3 aliphatic rings. The predicted molar refractivity (Wildman–Crippen MR) is 128 cm³/mol.